The lowest BCUT2D eigenvalue weighted by Gasteiger charge is -2.39. The summed E-state index contributed by atoms with van der Waals surface area (Å²) in [6.07, 6.45) is 6.66. The minimum atomic E-state index is -0.390. The number of dihydropyridines is 1. The van der Waals surface area contributed by atoms with Crippen LogP contribution in [0.3, 0.4) is 0 Å². The van der Waals surface area contributed by atoms with Crippen molar-refractivity contribution in [2.45, 2.75) is 65.5 Å². The molecule has 0 spiro atoms. The SMILES string of the molecule is CCN(c1sc(Br)c(C(=O)NCC2C(=O)N=C(C)C=C2C)c1C)C1CCC(N(C)C)CC1. The van der Waals surface area contributed by atoms with Gasteiger partial charge in [-0.05, 0) is 95.0 Å². The molecule has 1 aliphatic heterocycles. The predicted molar refractivity (Wildman–Crippen MR) is 137 cm³/mol. The fraction of sp³-hybridized carbons (Fsp3) is 0.625. The van der Waals surface area contributed by atoms with E-state index >= 15 is 0 Å². The summed E-state index contributed by atoms with van der Waals surface area (Å²) in [4.78, 5) is 34.2. The summed E-state index contributed by atoms with van der Waals surface area (Å²) < 4.78 is 0.846. The molecule has 6 nitrogen and oxygen atoms in total. The number of thiophene rings is 1. The maximum absolute atomic E-state index is 13.1. The van der Waals surface area contributed by atoms with E-state index in [-0.39, 0.29) is 24.3 Å². The molecule has 176 valence electrons. The maximum Gasteiger partial charge on any atom is 0.254 e. The number of carbonyl (C=O) groups excluding carboxylic acids is 2. The van der Waals surface area contributed by atoms with Crippen molar-refractivity contribution in [3.8, 4) is 0 Å². The van der Waals surface area contributed by atoms with E-state index in [9.17, 15) is 9.59 Å². The Bertz CT molecular complexity index is 929. The van der Waals surface area contributed by atoms with Crippen molar-refractivity contribution in [2.24, 2.45) is 10.9 Å². The third-order valence-electron chi connectivity index (χ3n) is 6.78. The minimum Gasteiger partial charge on any atom is -0.360 e. The van der Waals surface area contributed by atoms with Gasteiger partial charge >= 0.3 is 0 Å². The highest BCUT2D eigenvalue weighted by Crippen LogP contribution is 2.41. The van der Waals surface area contributed by atoms with Gasteiger partial charge < -0.3 is 15.1 Å². The number of hydrogen-bond acceptors (Lipinski definition) is 5. The number of allylic oxidation sites excluding steroid dienone is 1. The van der Waals surface area contributed by atoms with Crippen molar-refractivity contribution in [3.63, 3.8) is 0 Å². The first-order valence-corrected chi connectivity index (χ1v) is 13.0. The van der Waals surface area contributed by atoms with Crippen LogP contribution in [-0.4, -0.2) is 61.7 Å². The topological polar surface area (TPSA) is 65.0 Å². The van der Waals surface area contributed by atoms with E-state index in [0.717, 1.165) is 27.2 Å². The standard InChI is InChI=1S/C24H35BrN4O2S/c1-7-29(18-10-8-17(9-11-18)28(5)6)24-16(4)20(21(25)32-24)23(31)26-13-19-14(2)12-15(3)27-22(19)30/h12,17-19H,7-11,13H2,1-6H3,(H,26,31). The van der Waals surface area contributed by atoms with E-state index in [1.807, 2.05) is 26.8 Å². The van der Waals surface area contributed by atoms with Crippen LogP contribution in [0.4, 0.5) is 5.00 Å². The first-order valence-electron chi connectivity index (χ1n) is 11.4. The second-order valence-electron chi connectivity index (χ2n) is 9.14. The molecule has 1 aliphatic carbocycles. The molecule has 1 unspecified atom stereocenters. The number of nitrogens with one attached hydrogen (secondary N) is 1. The lowest BCUT2D eigenvalue weighted by atomic mass is 9.89. The van der Waals surface area contributed by atoms with E-state index in [0.29, 0.717) is 17.6 Å². The zero-order valence-electron chi connectivity index (χ0n) is 20.0. The first kappa shape index (κ1) is 25.1. The quantitative estimate of drug-likeness (QED) is 0.557. The average Bonchev–Trinajstić information content (AvgIpc) is 3.02. The van der Waals surface area contributed by atoms with Crippen LogP contribution in [0.5, 0.6) is 0 Å². The normalized spacial score (nSPS) is 23.8. The predicted octanol–water partition coefficient (Wildman–Crippen LogP) is 4.81. The fourth-order valence-electron chi connectivity index (χ4n) is 4.89. The molecule has 1 aromatic rings. The summed E-state index contributed by atoms with van der Waals surface area (Å²) in [7, 11) is 4.33. The molecular weight excluding hydrogens is 488 g/mol. The molecule has 8 heteroatoms. The monoisotopic (exact) mass is 522 g/mol. The van der Waals surface area contributed by atoms with Gasteiger partial charge in [-0.15, -0.1) is 11.3 Å². The van der Waals surface area contributed by atoms with Gasteiger partial charge in [-0.1, -0.05) is 5.57 Å². The molecule has 32 heavy (non-hydrogen) atoms. The van der Waals surface area contributed by atoms with Crippen LogP contribution >= 0.6 is 27.3 Å². The molecule has 1 N–H and O–H groups in total. The van der Waals surface area contributed by atoms with Crippen molar-refractivity contribution in [1.29, 1.82) is 0 Å². The molecule has 0 saturated heterocycles. The van der Waals surface area contributed by atoms with Crippen molar-refractivity contribution in [3.05, 3.63) is 26.6 Å². The average molecular weight is 524 g/mol. The molecule has 2 amide bonds. The van der Waals surface area contributed by atoms with Crippen LogP contribution in [0.1, 0.15) is 62.4 Å². The lowest BCUT2D eigenvalue weighted by Crippen LogP contribution is -2.42. The summed E-state index contributed by atoms with van der Waals surface area (Å²) in [5.74, 6) is -0.718. The molecular formula is C24H35BrN4O2S. The van der Waals surface area contributed by atoms with Gasteiger partial charge in [0.05, 0.1) is 20.3 Å². The molecule has 1 fully saturated rings. The number of rotatable bonds is 7. The highest BCUT2D eigenvalue weighted by molar-refractivity contribution is 9.11. The summed E-state index contributed by atoms with van der Waals surface area (Å²) >= 11 is 5.28. The molecule has 1 aromatic heterocycles. The number of anilines is 1. The van der Waals surface area contributed by atoms with Crippen LogP contribution < -0.4 is 10.2 Å². The number of carbonyl (C=O) groups is 2. The Balaban J connectivity index is 1.71. The van der Waals surface area contributed by atoms with Gasteiger partial charge in [0.1, 0.15) is 0 Å². The molecule has 0 radical (unpaired) electrons. The van der Waals surface area contributed by atoms with Gasteiger partial charge in [-0.3, -0.25) is 9.59 Å². The Labute approximate surface area is 204 Å². The molecule has 0 bridgehead atoms. The van der Waals surface area contributed by atoms with E-state index in [2.05, 4.69) is 57.1 Å². The Kier molecular flexibility index (Phi) is 8.33. The largest absolute Gasteiger partial charge is 0.360 e. The number of hydrogen-bond donors (Lipinski definition) is 1. The summed E-state index contributed by atoms with van der Waals surface area (Å²) in [5, 5.41) is 4.15. The van der Waals surface area contributed by atoms with Crippen LogP contribution in [0.25, 0.3) is 0 Å². The highest BCUT2D eigenvalue weighted by Gasteiger charge is 2.31. The summed E-state index contributed by atoms with van der Waals surface area (Å²) in [6.45, 7) is 9.14. The minimum absolute atomic E-state index is 0.142. The van der Waals surface area contributed by atoms with Crippen molar-refractivity contribution < 1.29 is 9.59 Å². The van der Waals surface area contributed by atoms with E-state index in [4.69, 9.17) is 0 Å². The van der Waals surface area contributed by atoms with Gasteiger partial charge in [0, 0.05) is 30.9 Å². The number of aliphatic imine (C=N–C) groups is 1. The maximum atomic E-state index is 13.1. The van der Waals surface area contributed by atoms with Crippen LogP contribution in [-0.2, 0) is 4.79 Å². The van der Waals surface area contributed by atoms with Crippen molar-refractivity contribution >= 4 is 49.8 Å². The Hall–Kier alpha value is -1.51. The number of nitrogens with zero attached hydrogens (tertiary/aromatic N) is 3. The van der Waals surface area contributed by atoms with E-state index in [1.165, 1.54) is 30.7 Å². The fourth-order valence-corrected chi connectivity index (χ4v) is 7.00. The molecule has 0 aromatic carbocycles. The summed E-state index contributed by atoms with van der Waals surface area (Å²) in [6, 6.07) is 1.17. The molecule has 2 heterocycles. The Morgan fingerprint density at radius 1 is 1.19 bits per heavy atom. The molecule has 1 saturated carbocycles. The number of amides is 2. The van der Waals surface area contributed by atoms with Gasteiger partial charge in [0.2, 0.25) is 0 Å². The van der Waals surface area contributed by atoms with E-state index < -0.39 is 0 Å². The molecule has 3 rings (SSSR count). The van der Waals surface area contributed by atoms with Gasteiger partial charge in [-0.2, -0.15) is 0 Å². The lowest BCUT2D eigenvalue weighted by molar-refractivity contribution is -0.120. The summed E-state index contributed by atoms with van der Waals surface area (Å²) in [5.41, 5.74) is 3.34. The van der Waals surface area contributed by atoms with Gasteiger partial charge in [0.15, 0.2) is 0 Å². The van der Waals surface area contributed by atoms with Crippen molar-refractivity contribution in [1.82, 2.24) is 10.2 Å². The second kappa shape index (κ2) is 10.6. The first-order chi connectivity index (χ1) is 15.1. The molecule has 2 aliphatic rings. The zero-order chi connectivity index (χ0) is 23.6. The Morgan fingerprint density at radius 3 is 2.38 bits per heavy atom. The van der Waals surface area contributed by atoms with Crippen molar-refractivity contribution in [2.75, 3.05) is 32.1 Å². The zero-order valence-corrected chi connectivity index (χ0v) is 22.4. The second-order valence-corrected chi connectivity index (χ2v) is 11.5. The van der Waals surface area contributed by atoms with E-state index in [1.54, 1.807) is 11.3 Å². The van der Waals surface area contributed by atoms with Crippen LogP contribution in [0.2, 0.25) is 0 Å². The third kappa shape index (κ3) is 5.34. The van der Waals surface area contributed by atoms with Crippen LogP contribution in [0.15, 0.2) is 20.4 Å². The smallest absolute Gasteiger partial charge is 0.254 e. The number of halogens is 1. The third-order valence-corrected chi connectivity index (χ3v) is 8.78. The highest BCUT2D eigenvalue weighted by atomic mass is 79.9. The van der Waals surface area contributed by atoms with Crippen LogP contribution in [0, 0.1) is 12.8 Å². The Morgan fingerprint density at radius 2 is 1.81 bits per heavy atom. The van der Waals surface area contributed by atoms with Gasteiger partial charge in [-0.25, -0.2) is 4.99 Å². The van der Waals surface area contributed by atoms with Gasteiger partial charge in [0.25, 0.3) is 11.8 Å². The molecule has 1 atom stereocenters.